The van der Waals surface area contributed by atoms with E-state index < -0.39 is 0 Å². The fourth-order valence-electron chi connectivity index (χ4n) is 3.35. The van der Waals surface area contributed by atoms with Crippen LogP contribution in [-0.2, 0) is 9.59 Å². The fourth-order valence-corrected chi connectivity index (χ4v) is 3.35. The molecule has 1 aliphatic heterocycles. The van der Waals surface area contributed by atoms with Crippen molar-refractivity contribution < 1.29 is 9.59 Å². The molecule has 0 aromatic carbocycles. The first-order chi connectivity index (χ1) is 9.24. The van der Waals surface area contributed by atoms with Gasteiger partial charge in [-0.1, -0.05) is 57.6 Å². The summed E-state index contributed by atoms with van der Waals surface area (Å²) in [6, 6.07) is 0. The Labute approximate surface area is 115 Å². The van der Waals surface area contributed by atoms with Crippen LogP contribution in [0.1, 0.15) is 58.3 Å². The van der Waals surface area contributed by atoms with Crippen LogP contribution in [0.2, 0.25) is 0 Å². The van der Waals surface area contributed by atoms with Crippen LogP contribution in [0.3, 0.4) is 0 Å². The third kappa shape index (κ3) is 3.46. The highest BCUT2D eigenvalue weighted by Gasteiger charge is 2.45. The molecule has 0 bridgehead atoms. The van der Waals surface area contributed by atoms with Gasteiger partial charge in [-0.2, -0.15) is 0 Å². The van der Waals surface area contributed by atoms with Crippen molar-refractivity contribution >= 4 is 11.8 Å². The predicted octanol–water partition coefficient (Wildman–Crippen LogP) is 3.20. The van der Waals surface area contributed by atoms with E-state index in [9.17, 15) is 9.59 Å². The number of fused-ring (bicyclic) bond motifs is 1. The first-order valence-electron chi connectivity index (χ1n) is 7.75. The molecule has 3 heteroatoms. The third-order valence-electron chi connectivity index (χ3n) is 4.44. The number of rotatable bonds is 7. The van der Waals surface area contributed by atoms with Crippen LogP contribution in [-0.4, -0.2) is 11.8 Å². The molecule has 19 heavy (non-hydrogen) atoms. The van der Waals surface area contributed by atoms with Crippen LogP contribution in [0.5, 0.6) is 0 Å². The Morgan fingerprint density at radius 1 is 1.11 bits per heavy atom. The van der Waals surface area contributed by atoms with Crippen molar-refractivity contribution in [3.05, 3.63) is 12.2 Å². The van der Waals surface area contributed by atoms with E-state index in [0.717, 1.165) is 12.8 Å². The Morgan fingerprint density at radius 3 is 2.63 bits per heavy atom. The van der Waals surface area contributed by atoms with Gasteiger partial charge in [0.05, 0.1) is 11.8 Å². The number of imide groups is 1. The zero-order chi connectivity index (χ0) is 13.7. The minimum atomic E-state index is -0.0948. The third-order valence-corrected chi connectivity index (χ3v) is 4.44. The molecule has 1 fully saturated rings. The molecule has 3 atom stereocenters. The summed E-state index contributed by atoms with van der Waals surface area (Å²) in [6.45, 7) is 2.22. The molecular weight excluding hydrogens is 238 g/mol. The number of nitrogens with one attached hydrogen (secondary N) is 1. The molecule has 2 aliphatic rings. The Morgan fingerprint density at radius 2 is 1.84 bits per heavy atom. The van der Waals surface area contributed by atoms with Crippen LogP contribution in [0.25, 0.3) is 0 Å². The van der Waals surface area contributed by atoms with Crippen molar-refractivity contribution in [2.24, 2.45) is 17.8 Å². The topological polar surface area (TPSA) is 46.2 Å². The van der Waals surface area contributed by atoms with Gasteiger partial charge in [-0.05, 0) is 18.8 Å². The van der Waals surface area contributed by atoms with E-state index >= 15 is 0 Å². The zero-order valence-corrected chi connectivity index (χ0v) is 11.9. The van der Waals surface area contributed by atoms with E-state index in [0.29, 0.717) is 0 Å². The molecule has 1 aliphatic carbocycles. The first-order valence-corrected chi connectivity index (χ1v) is 7.75. The highest BCUT2D eigenvalue weighted by Crippen LogP contribution is 2.37. The van der Waals surface area contributed by atoms with Crippen molar-refractivity contribution in [2.45, 2.75) is 58.3 Å². The van der Waals surface area contributed by atoms with Gasteiger partial charge in [0.25, 0.3) is 0 Å². The Bertz CT molecular complexity index is 362. The van der Waals surface area contributed by atoms with Gasteiger partial charge in [0.15, 0.2) is 0 Å². The first kappa shape index (κ1) is 14.3. The molecule has 1 N–H and O–H groups in total. The lowest BCUT2D eigenvalue weighted by Crippen LogP contribution is -2.28. The molecule has 1 heterocycles. The minimum absolute atomic E-state index is 0.0460. The summed E-state index contributed by atoms with van der Waals surface area (Å²) in [5.74, 6) is -0.0188. The van der Waals surface area contributed by atoms with Crippen LogP contribution in [0, 0.1) is 17.8 Å². The van der Waals surface area contributed by atoms with Crippen molar-refractivity contribution in [3.8, 4) is 0 Å². The molecule has 1 saturated heterocycles. The number of carbonyl (C=O) groups excluding carboxylic acids is 2. The molecule has 106 valence electrons. The number of hydrogen-bond acceptors (Lipinski definition) is 2. The lowest BCUT2D eigenvalue weighted by atomic mass is 9.75. The van der Waals surface area contributed by atoms with Gasteiger partial charge >= 0.3 is 0 Å². The van der Waals surface area contributed by atoms with Crippen molar-refractivity contribution in [3.63, 3.8) is 0 Å². The van der Waals surface area contributed by atoms with E-state index in [1.54, 1.807) is 0 Å². The van der Waals surface area contributed by atoms with E-state index in [1.165, 1.54) is 38.5 Å². The number of amides is 2. The monoisotopic (exact) mass is 263 g/mol. The summed E-state index contributed by atoms with van der Waals surface area (Å²) in [6.07, 6.45) is 13.7. The smallest absolute Gasteiger partial charge is 0.231 e. The second-order valence-electron chi connectivity index (χ2n) is 5.87. The van der Waals surface area contributed by atoms with Crippen LogP contribution < -0.4 is 5.32 Å². The number of unbranched alkanes of at least 4 members (excludes halogenated alkanes) is 5. The fraction of sp³-hybridized carbons (Fsp3) is 0.750. The maximum atomic E-state index is 11.8. The van der Waals surface area contributed by atoms with Gasteiger partial charge in [-0.25, -0.2) is 0 Å². The zero-order valence-electron chi connectivity index (χ0n) is 11.9. The van der Waals surface area contributed by atoms with Crippen LogP contribution in [0.15, 0.2) is 12.2 Å². The number of hydrogen-bond donors (Lipinski definition) is 1. The van der Waals surface area contributed by atoms with Gasteiger partial charge < -0.3 is 0 Å². The van der Waals surface area contributed by atoms with Crippen molar-refractivity contribution in [1.29, 1.82) is 0 Å². The van der Waals surface area contributed by atoms with Gasteiger partial charge in [0.2, 0.25) is 11.8 Å². The summed E-state index contributed by atoms with van der Waals surface area (Å²) in [5, 5.41) is 2.49. The largest absolute Gasteiger partial charge is 0.296 e. The summed E-state index contributed by atoms with van der Waals surface area (Å²) >= 11 is 0. The average molecular weight is 263 g/mol. The van der Waals surface area contributed by atoms with Gasteiger partial charge in [0.1, 0.15) is 0 Å². The molecule has 2 rings (SSSR count). The quantitative estimate of drug-likeness (QED) is 0.435. The predicted molar refractivity (Wildman–Crippen MR) is 75.4 cm³/mol. The molecule has 3 nitrogen and oxygen atoms in total. The lowest BCUT2D eigenvalue weighted by molar-refractivity contribution is -0.126. The molecule has 0 spiro atoms. The minimum Gasteiger partial charge on any atom is -0.296 e. The second kappa shape index (κ2) is 6.88. The van der Waals surface area contributed by atoms with Gasteiger partial charge in [-0.3, -0.25) is 14.9 Å². The normalized spacial score (nSPS) is 29.4. The molecule has 2 amide bonds. The van der Waals surface area contributed by atoms with E-state index in [4.69, 9.17) is 0 Å². The maximum Gasteiger partial charge on any atom is 0.231 e. The summed E-state index contributed by atoms with van der Waals surface area (Å²) < 4.78 is 0. The van der Waals surface area contributed by atoms with E-state index in [2.05, 4.69) is 24.4 Å². The summed E-state index contributed by atoms with van der Waals surface area (Å²) in [5.41, 5.74) is 0. The molecule has 0 aromatic rings. The highest BCUT2D eigenvalue weighted by atomic mass is 16.2. The molecular formula is C16H25NO2. The summed E-state index contributed by atoms with van der Waals surface area (Å²) in [7, 11) is 0. The Balaban J connectivity index is 1.77. The summed E-state index contributed by atoms with van der Waals surface area (Å²) in [4.78, 5) is 23.5. The Hall–Kier alpha value is -1.12. The van der Waals surface area contributed by atoms with Crippen LogP contribution in [0.4, 0.5) is 0 Å². The molecule has 0 saturated carbocycles. The van der Waals surface area contributed by atoms with Gasteiger partial charge in [0, 0.05) is 0 Å². The lowest BCUT2D eigenvalue weighted by Gasteiger charge is -2.26. The maximum absolute atomic E-state index is 11.8. The van der Waals surface area contributed by atoms with Crippen molar-refractivity contribution in [2.75, 3.05) is 0 Å². The average Bonchev–Trinajstić information content (AvgIpc) is 2.70. The SMILES string of the molecule is CCCCCCCCC1C=CCC2C(=O)NC(=O)C12. The molecule has 3 unspecified atom stereocenters. The number of allylic oxidation sites excluding steroid dienone is 2. The highest BCUT2D eigenvalue weighted by molar-refractivity contribution is 6.05. The van der Waals surface area contributed by atoms with Crippen LogP contribution >= 0.6 is 0 Å². The van der Waals surface area contributed by atoms with Gasteiger partial charge in [-0.15, -0.1) is 0 Å². The molecule has 0 aromatic heterocycles. The van der Waals surface area contributed by atoms with Crippen molar-refractivity contribution in [1.82, 2.24) is 5.32 Å². The molecule has 0 radical (unpaired) electrons. The van der Waals surface area contributed by atoms with E-state index in [1.807, 2.05) is 0 Å². The van der Waals surface area contributed by atoms with E-state index in [-0.39, 0.29) is 29.6 Å². The standard InChI is InChI=1S/C16H25NO2/c1-2-3-4-5-6-7-9-12-10-8-11-13-14(12)16(19)17-15(13)18/h8,10,12-14H,2-7,9,11H2,1H3,(H,17,18,19). The second-order valence-corrected chi connectivity index (χ2v) is 5.87. The number of carbonyl (C=O) groups is 2. The Kier molecular flexibility index (Phi) is 5.17.